The molecule has 2 aromatic heterocycles. The molecule has 2 aromatic carbocycles. The number of esters is 1. The van der Waals surface area contributed by atoms with Gasteiger partial charge in [-0.15, -0.1) is 0 Å². The van der Waals surface area contributed by atoms with Gasteiger partial charge in [0.2, 0.25) is 0 Å². The van der Waals surface area contributed by atoms with Gasteiger partial charge in [0.05, 0.1) is 18.4 Å². The highest BCUT2D eigenvalue weighted by atomic mass is 19.4. The molecule has 0 spiro atoms. The quantitative estimate of drug-likeness (QED) is 0.307. The van der Waals surface area contributed by atoms with Crippen molar-refractivity contribution in [2.75, 3.05) is 7.11 Å². The van der Waals surface area contributed by atoms with E-state index in [1.807, 2.05) is 0 Å². The number of aromatic nitrogens is 3. The van der Waals surface area contributed by atoms with Crippen LogP contribution in [0.4, 0.5) is 13.2 Å². The molecule has 1 saturated carbocycles. The van der Waals surface area contributed by atoms with Gasteiger partial charge in [0.1, 0.15) is 18.0 Å². The zero-order valence-corrected chi connectivity index (χ0v) is 20.7. The van der Waals surface area contributed by atoms with Crippen LogP contribution in [0, 0.1) is 0 Å². The average Bonchev–Trinajstić information content (AvgIpc) is 3.37. The standard InChI is InChI=1S/C28H26F3N3O4/c1-37-27(36)22-15-23-32-25(24(26(35)34(23)33-22)18-7-3-2-4-8-18)19-10-12-21(13-11-19)38-16-17-6-5-9-20(14-17)28(29,30)31/h5-6,9-15,18,32H,2-4,7-8,16H2,1H3. The molecule has 1 aliphatic carbocycles. The number of fused-ring (bicyclic) bond motifs is 1. The minimum atomic E-state index is -4.42. The van der Waals surface area contributed by atoms with Gasteiger partial charge in [-0.3, -0.25) is 4.79 Å². The summed E-state index contributed by atoms with van der Waals surface area (Å²) in [4.78, 5) is 28.9. The van der Waals surface area contributed by atoms with Gasteiger partial charge in [-0.2, -0.15) is 22.8 Å². The Morgan fingerprint density at radius 3 is 2.50 bits per heavy atom. The van der Waals surface area contributed by atoms with Crippen LogP contribution < -0.4 is 10.3 Å². The fourth-order valence-electron chi connectivity index (χ4n) is 4.97. The Morgan fingerprint density at radius 1 is 1.08 bits per heavy atom. The molecule has 1 N–H and O–H groups in total. The average molecular weight is 526 g/mol. The normalized spacial score (nSPS) is 14.5. The fraction of sp³-hybridized carbons (Fsp3) is 0.321. The molecule has 0 amide bonds. The van der Waals surface area contributed by atoms with Crippen molar-refractivity contribution < 1.29 is 27.4 Å². The number of hydrogen-bond acceptors (Lipinski definition) is 5. The van der Waals surface area contributed by atoms with Gasteiger partial charge in [-0.1, -0.05) is 31.4 Å². The summed E-state index contributed by atoms with van der Waals surface area (Å²) in [6, 6.07) is 13.5. The number of carbonyl (C=O) groups excluding carboxylic acids is 1. The first-order valence-electron chi connectivity index (χ1n) is 12.4. The molecule has 1 fully saturated rings. The Labute approximate surface area is 216 Å². The number of ether oxygens (including phenoxy) is 2. The first-order chi connectivity index (χ1) is 18.2. The predicted octanol–water partition coefficient (Wildman–Crippen LogP) is 6.12. The lowest BCUT2D eigenvalue weighted by Gasteiger charge is -2.23. The Balaban J connectivity index is 1.46. The third-order valence-corrected chi connectivity index (χ3v) is 6.87. The molecule has 0 unspecified atom stereocenters. The highest BCUT2D eigenvalue weighted by molar-refractivity contribution is 5.88. The van der Waals surface area contributed by atoms with Crippen molar-refractivity contribution in [2.24, 2.45) is 0 Å². The third-order valence-electron chi connectivity index (χ3n) is 6.87. The predicted molar refractivity (Wildman–Crippen MR) is 134 cm³/mol. The molecule has 5 rings (SSSR count). The fourth-order valence-corrected chi connectivity index (χ4v) is 4.97. The maximum absolute atomic E-state index is 13.6. The highest BCUT2D eigenvalue weighted by Gasteiger charge is 2.30. The SMILES string of the molecule is COC(=O)c1cc2[nH]c(-c3ccc(OCc4cccc(C(F)(F)F)c4)cc3)c(C3CCCCC3)c(=O)n2n1. The number of H-pyrrole nitrogens is 1. The number of carbonyl (C=O) groups is 1. The van der Waals surface area contributed by atoms with Crippen molar-refractivity contribution in [2.45, 2.75) is 50.8 Å². The van der Waals surface area contributed by atoms with Crippen molar-refractivity contribution in [3.05, 3.63) is 87.3 Å². The van der Waals surface area contributed by atoms with Crippen molar-refractivity contribution in [1.29, 1.82) is 0 Å². The van der Waals surface area contributed by atoms with Crippen molar-refractivity contribution in [3.8, 4) is 17.0 Å². The van der Waals surface area contributed by atoms with E-state index in [0.717, 1.165) is 49.8 Å². The van der Waals surface area contributed by atoms with E-state index in [4.69, 9.17) is 9.47 Å². The number of nitrogens with zero attached hydrogens (tertiary/aromatic N) is 2. The van der Waals surface area contributed by atoms with E-state index in [0.29, 0.717) is 28.2 Å². The second kappa shape index (κ2) is 10.4. The lowest BCUT2D eigenvalue weighted by Crippen LogP contribution is -2.25. The maximum Gasteiger partial charge on any atom is 0.416 e. The van der Waals surface area contributed by atoms with E-state index in [2.05, 4.69) is 10.1 Å². The summed E-state index contributed by atoms with van der Waals surface area (Å²) < 4.78 is 50.7. The van der Waals surface area contributed by atoms with Gasteiger partial charge >= 0.3 is 12.1 Å². The highest BCUT2D eigenvalue weighted by Crippen LogP contribution is 2.36. The molecule has 198 valence electrons. The minimum absolute atomic E-state index is 0.0223. The van der Waals surface area contributed by atoms with Gasteiger partial charge in [-0.05, 0) is 66.3 Å². The van der Waals surface area contributed by atoms with E-state index in [1.54, 1.807) is 30.3 Å². The van der Waals surface area contributed by atoms with E-state index in [9.17, 15) is 22.8 Å². The van der Waals surface area contributed by atoms with Crippen LogP contribution in [-0.4, -0.2) is 27.7 Å². The van der Waals surface area contributed by atoms with Crippen molar-refractivity contribution in [1.82, 2.24) is 14.6 Å². The molecule has 0 bridgehead atoms. The first kappa shape index (κ1) is 25.6. The Kier molecular flexibility index (Phi) is 6.96. The van der Waals surface area contributed by atoms with Crippen LogP contribution in [-0.2, 0) is 17.5 Å². The van der Waals surface area contributed by atoms with E-state index < -0.39 is 17.7 Å². The summed E-state index contributed by atoms with van der Waals surface area (Å²) >= 11 is 0. The van der Waals surface area contributed by atoms with Crippen LogP contribution in [0.5, 0.6) is 5.75 Å². The number of nitrogens with one attached hydrogen (secondary N) is 1. The molecular weight excluding hydrogens is 499 g/mol. The summed E-state index contributed by atoms with van der Waals surface area (Å²) in [5.74, 6) is -0.106. The summed E-state index contributed by atoms with van der Waals surface area (Å²) in [7, 11) is 1.25. The van der Waals surface area contributed by atoms with Crippen LogP contribution in [0.3, 0.4) is 0 Å². The summed E-state index contributed by atoms with van der Waals surface area (Å²) in [6.07, 6.45) is 0.514. The van der Waals surface area contributed by atoms with E-state index >= 15 is 0 Å². The largest absolute Gasteiger partial charge is 0.489 e. The first-order valence-corrected chi connectivity index (χ1v) is 12.4. The smallest absolute Gasteiger partial charge is 0.416 e. The second-order valence-electron chi connectivity index (χ2n) is 9.38. The summed E-state index contributed by atoms with van der Waals surface area (Å²) in [5, 5.41) is 4.17. The number of halogens is 3. The van der Waals surface area contributed by atoms with Crippen LogP contribution in [0.15, 0.2) is 59.4 Å². The molecule has 0 aliphatic heterocycles. The van der Waals surface area contributed by atoms with Crippen LogP contribution >= 0.6 is 0 Å². The molecule has 2 heterocycles. The van der Waals surface area contributed by atoms with Crippen LogP contribution in [0.2, 0.25) is 0 Å². The number of rotatable bonds is 6. The van der Waals surface area contributed by atoms with Crippen LogP contribution in [0.25, 0.3) is 16.9 Å². The molecular formula is C28H26F3N3O4. The zero-order valence-electron chi connectivity index (χ0n) is 20.7. The minimum Gasteiger partial charge on any atom is -0.489 e. The van der Waals surface area contributed by atoms with Gasteiger partial charge in [0.25, 0.3) is 5.56 Å². The van der Waals surface area contributed by atoms with E-state index in [1.165, 1.54) is 23.8 Å². The molecule has 1 aliphatic rings. The maximum atomic E-state index is 13.6. The van der Waals surface area contributed by atoms with E-state index in [-0.39, 0.29) is 23.8 Å². The molecule has 7 nitrogen and oxygen atoms in total. The Bertz CT molecular complexity index is 1520. The summed E-state index contributed by atoms with van der Waals surface area (Å²) in [6.45, 7) is -0.0223. The van der Waals surface area contributed by atoms with Gasteiger partial charge in [0, 0.05) is 11.6 Å². The van der Waals surface area contributed by atoms with Gasteiger partial charge in [-0.25, -0.2) is 4.79 Å². The zero-order chi connectivity index (χ0) is 26.9. The second-order valence-corrected chi connectivity index (χ2v) is 9.38. The third kappa shape index (κ3) is 5.16. The topological polar surface area (TPSA) is 85.7 Å². The Morgan fingerprint density at radius 2 is 1.82 bits per heavy atom. The monoisotopic (exact) mass is 525 g/mol. The molecule has 0 saturated heterocycles. The molecule has 4 aromatic rings. The summed E-state index contributed by atoms with van der Waals surface area (Å²) in [5.41, 5.74) is 1.82. The Hall–Kier alpha value is -4.08. The number of methoxy groups -OCH3 is 1. The molecule has 38 heavy (non-hydrogen) atoms. The van der Waals surface area contributed by atoms with Gasteiger partial charge < -0.3 is 14.5 Å². The molecule has 10 heteroatoms. The lowest BCUT2D eigenvalue weighted by molar-refractivity contribution is -0.137. The van der Waals surface area contributed by atoms with Gasteiger partial charge in [0.15, 0.2) is 5.69 Å². The van der Waals surface area contributed by atoms with Crippen molar-refractivity contribution in [3.63, 3.8) is 0 Å². The number of benzene rings is 2. The molecule has 0 atom stereocenters. The lowest BCUT2D eigenvalue weighted by atomic mass is 9.83. The number of alkyl halides is 3. The van der Waals surface area contributed by atoms with Crippen molar-refractivity contribution >= 4 is 11.6 Å². The van der Waals surface area contributed by atoms with Crippen LogP contribution in [0.1, 0.15) is 65.2 Å². The number of hydrogen-bond donors (Lipinski definition) is 1. The molecule has 0 radical (unpaired) electrons. The number of aromatic amines is 1.